The van der Waals surface area contributed by atoms with Crippen molar-refractivity contribution < 1.29 is 4.79 Å². The van der Waals surface area contributed by atoms with Gasteiger partial charge in [0, 0.05) is 50.0 Å². The molecule has 1 N–H and O–H groups in total. The number of carbonyl (C=O) groups excluding carboxylic acids is 1. The number of amides is 1. The van der Waals surface area contributed by atoms with Gasteiger partial charge in [0.25, 0.3) is 5.91 Å². The Hall–Kier alpha value is -2.34. The molecule has 1 fully saturated rings. The third-order valence-electron chi connectivity index (χ3n) is 4.38. The number of nitrogens with zero attached hydrogens (tertiary/aromatic N) is 4. The maximum Gasteiger partial charge on any atom is 0.254 e. The molecule has 1 saturated heterocycles. The van der Waals surface area contributed by atoms with Gasteiger partial charge in [-0.3, -0.25) is 9.78 Å². The maximum atomic E-state index is 12.3. The molecule has 0 saturated carbocycles. The van der Waals surface area contributed by atoms with Gasteiger partial charge in [-0.25, -0.2) is 9.97 Å². The smallest absolute Gasteiger partial charge is 0.254 e. The average molecular weight is 339 g/mol. The highest BCUT2D eigenvalue weighted by Crippen LogP contribution is 2.17. The number of hydrogen-bond acceptors (Lipinski definition) is 5. The van der Waals surface area contributed by atoms with E-state index < -0.39 is 0 Å². The number of carbonyl (C=O) groups is 1. The van der Waals surface area contributed by atoms with Gasteiger partial charge < -0.3 is 10.2 Å². The van der Waals surface area contributed by atoms with Gasteiger partial charge in [-0.05, 0) is 36.9 Å². The van der Waals surface area contributed by atoms with Crippen LogP contribution in [0.1, 0.15) is 30.6 Å². The van der Waals surface area contributed by atoms with Gasteiger partial charge in [0.2, 0.25) is 0 Å². The standard InChI is InChI=1S/C19H25N5O/c1-14(2)12-24-7-5-15(13-24)8-23-19(25)17-10-21-18(22-11-17)16-4-3-6-20-9-16/h3-4,6,9-11,14-15H,5,7-8,12-13H2,1-2H3,(H,23,25)/t15-/m1/s1. The molecule has 1 atom stereocenters. The van der Waals surface area contributed by atoms with E-state index in [2.05, 4.69) is 39.0 Å². The molecule has 1 amide bonds. The van der Waals surface area contributed by atoms with Crippen LogP contribution in [-0.4, -0.2) is 51.9 Å². The van der Waals surface area contributed by atoms with E-state index >= 15 is 0 Å². The van der Waals surface area contributed by atoms with Crippen molar-refractivity contribution in [1.82, 2.24) is 25.2 Å². The lowest BCUT2D eigenvalue weighted by Crippen LogP contribution is -2.32. The highest BCUT2D eigenvalue weighted by atomic mass is 16.1. The fourth-order valence-electron chi connectivity index (χ4n) is 3.19. The molecule has 0 radical (unpaired) electrons. The lowest BCUT2D eigenvalue weighted by molar-refractivity contribution is 0.0946. The molecule has 0 spiro atoms. The molecule has 6 nitrogen and oxygen atoms in total. The van der Waals surface area contributed by atoms with Crippen LogP contribution in [0.5, 0.6) is 0 Å². The second kappa shape index (κ2) is 8.16. The summed E-state index contributed by atoms with van der Waals surface area (Å²) in [5.74, 6) is 1.67. The first kappa shape index (κ1) is 17.5. The molecule has 0 bridgehead atoms. The number of hydrogen-bond donors (Lipinski definition) is 1. The summed E-state index contributed by atoms with van der Waals surface area (Å²) in [6.45, 7) is 8.51. The third kappa shape index (κ3) is 4.82. The summed E-state index contributed by atoms with van der Waals surface area (Å²) in [6.07, 6.45) is 7.70. The lowest BCUT2D eigenvalue weighted by atomic mass is 10.1. The van der Waals surface area contributed by atoms with Gasteiger partial charge in [-0.15, -0.1) is 0 Å². The first-order valence-corrected chi connectivity index (χ1v) is 8.85. The van der Waals surface area contributed by atoms with Crippen molar-refractivity contribution in [2.75, 3.05) is 26.2 Å². The predicted molar refractivity (Wildman–Crippen MR) is 97.0 cm³/mol. The van der Waals surface area contributed by atoms with E-state index in [1.54, 1.807) is 24.8 Å². The fourth-order valence-corrected chi connectivity index (χ4v) is 3.19. The van der Waals surface area contributed by atoms with Crippen molar-refractivity contribution >= 4 is 5.91 Å². The summed E-state index contributed by atoms with van der Waals surface area (Å²) in [5.41, 5.74) is 1.33. The summed E-state index contributed by atoms with van der Waals surface area (Å²) in [6, 6.07) is 3.73. The number of rotatable bonds is 6. The van der Waals surface area contributed by atoms with Crippen molar-refractivity contribution in [3.8, 4) is 11.4 Å². The Morgan fingerprint density at radius 1 is 1.32 bits per heavy atom. The summed E-state index contributed by atoms with van der Waals surface area (Å²) in [7, 11) is 0. The zero-order valence-corrected chi connectivity index (χ0v) is 14.9. The molecule has 0 unspecified atom stereocenters. The van der Waals surface area contributed by atoms with E-state index in [-0.39, 0.29) is 5.91 Å². The minimum atomic E-state index is -0.111. The Kier molecular flexibility index (Phi) is 5.71. The Morgan fingerprint density at radius 2 is 2.12 bits per heavy atom. The van der Waals surface area contributed by atoms with Crippen LogP contribution in [0.4, 0.5) is 0 Å². The van der Waals surface area contributed by atoms with E-state index in [0.717, 1.165) is 31.6 Å². The molecule has 0 aromatic carbocycles. The topological polar surface area (TPSA) is 71.0 Å². The monoisotopic (exact) mass is 339 g/mol. The van der Waals surface area contributed by atoms with Crippen LogP contribution in [0.2, 0.25) is 0 Å². The van der Waals surface area contributed by atoms with Gasteiger partial charge in [-0.1, -0.05) is 13.8 Å². The molecule has 3 rings (SSSR count). The van der Waals surface area contributed by atoms with E-state index in [0.29, 0.717) is 29.8 Å². The van der Waals surface area contributed by atoms with Crippen molar-refractivity contribution in [3.63, 3.8) is 0 Å². The van der Waals surface area contributed by atoms with E-state index in [4.69, 9.17) is 0 Å². The Bertz CT molecular complexity index is 687. The summed E-state index contributed by atoms with van der Waals surface area (Å²) >= 11 is 0. The minimum absolute atomic E-state index is 0.111. The SMILES string of the molecule is CC(C)CN1CC[C@H](CNC(=O)c2cnc(-c3cccnc3)nc2)C1. The third-order valence-corrected chi connectivity index (χ3v) is 4.38. The van der Waals surface area contributed by atoms with Crippen LogP contribution >= 0.6 is 0 Å². The highest BCUT2D eigenvalue weighted by molar-refractivity contribution is 5.93. The first-order chi connectivity index (χ1) is 12.1. The van der Waals surface area contributed by atoms with Crippen LogP contribution in [0.3, 0.4) is 0 Å². The minimum Gasteiger partial charge on any atom is -0.352 e. The van der Waals surface area contributed by atoms with E-state index in [1.165, 1.54) is 0 Å². The summed E-state index contributed by atoms with van der Waals surface area (Å²) in [5, 5.41) is 3.02. The molecule has 2 aromatic rings. The molecule has 132 valence electrons. The van der Waals surface area contributed by atoms with Gasteiger partial charge in [0.05, 0.1) is 5.56 Å². The molecular formula is C19H25N5O. The van der Waals surface area contributed by atoms with Gasteiger partial charge in [0.15, 0.2) is 5.82 Å². The largest absolute Gasteiger partial charge is 0.352 e. The molecule has 25 heavy (non-hydrogen) atoms. The normalized spacial score (nSPS) is 17.8. The Morgan fingerprint density at radius 3 is 2.80 bits per heavy atom. The van der Waals surface area contributed by atoms with Crippen LogP contribution < -0.4 is 5.32 Å². The zero-order chi connectivity index (χ0) is 17.6. The van der Waals surface area contributed by atoms with Crippen molar-refractivity contribution in [2.24, 2.45) is 11.8 Å². The van der Waals surface area contributed by atoms with Crippen LogP contribution in [0.15, 0.2) is 36.9 Å². The predicted octanol–water partition coefficient (Wildman–Crippen LogP) is 2.25. The Balaban J connectivity index is 1.50. The molecule has 0 aliphatic carbocycles. The van der Waals surface area contributed by atoms with Gasteiger partial charge in [-0.2, -0.15) is 0 Å². The Labute approximate surface area is 148 Å². The molecule has 1 aliphatic rings. The van der Waals surface area contributed by atoms with Crippen LogP contribution in [0, 0.1) is 11.8 Å². The van der Waals surface area contributed by atoms with Crippen molar-refractivity contribution in [1.29, 1.82) is 0 Å². The molecule has 6 heteroatoms. The summed E-state index contributed by atoms with van der Waals surface area (Å²) < 4.78 is 0. The maximum absolute atomic E-state index is 12.3. The zero-order valence-electron chi connectivity index (χ0n) is 14.9. The lowest BCUT2D eigenvalue weighted by Gasteiger charge is -2.18. The van der Waals surface area contributed by atoms with E-state index in [9.17, 15) is 4.79 Å². The fraction of sp³-hybridized carbons (Fsp3) is 0.474. The highest BCUT2D eigenvalue weighted by Gasteiger charge is 2.23. The van der Waals surface area contributed by atoms with Crippen LogP contribution in [-0.2, 0) is 0 Å². The van der Waals surface area contributed by atoms with Crippen molar-refractivity contribution in [3.05, 3.63) is 42.5 Å². The molecule has 2 aromatic heterocycles. The quantitative estimate of drug-likeness (QED) is 0.874. The van der Waals surface area contributed by atoms with Crippen LogP contribution in [0.25, 0.3) is 11.4 Å². The van der Waals surface area contributed by atoms with E-state index in [1.807, 2.05) is 12.1 Å². The molecule has 1 aliphatic heterocycles. The number of likely N-dealkylation sites (tertiary alicyclic amines) is 1. The number of aromatic nitrogens is 3. The number of pyridine rings is 1. The molecular weight excluding hydrogens is 314 g/mol. The molecule has 3 heterocycles. The van der Waals surface area contributed by atoms with Gasteiger partial charge in [0.1, 0.15) is 0 Å². The second-order valence-corrected chi connectivity index (χ2v) is 7.06. The first-order valence-electron chi connectivity index (χ1n) is 8.85. The summed E-state index contributed by atoms with van der Waals surface area (Å²) in [4.78, 5) is 27.4. The van der Waals surface area contributed by atoms with Gasteiger partial charge >= 0.3 is 0 Å². The number of nitrogens with one attached hydrogen (secondary N) is 1. The van der Waals surface area contributed by atoms with Crippen molar-refractivity contribution in [2.45, 2.75) is 20.3 Å². The average Bonchev–Trinajstić information content (AvgIpc) is 3.07. The second-order valence-electron chi connectivity index (χ2n) is 7.06.